The van der Waals surface area contributed by atoms with Gasteiger partial charge in [-0.2, -0.15) is 0 Å². The third-order valence-corrected chi connectivity index (χ3v) is 10.2. The number of hydrogen-bond acceptors (Lipinski definition) is 2. The summed E-state index contributed by atoms with van der Waals surface area (Å²) in [6.07, 6.45) is 15.0. The van der Waals surface area contributed by atoms with Crippen molar-refractivity contribution in [3.8, 4) is 0 Å². The van der Waals surface area contributed by atoms with Gasteiger partial charge in [0.15, 0.2) is 11.6 Å². The lowest BCUT2D eigenvalue weighted by Crippen LogP contribution is -2.28. The first-order valence-corrected chi connectivity index (χ1v) is 14.0. The lowest BCUT2D eigenvalue weighted by molar-refractivity contribution is 0.261. The van der Waals surface area contributed by atoms with Gasteiger partial charge in [0.25, 0.3) is 0 Å². The van der Waals surface area contributed by atoms with E-state index in [-0.39, 0.29) is 5.92 Å². The molecule has 0 aromatic heterocycles. The van der Waals surface area contributed by atoms with Crippen molar-refractivity contribution in [2.24, 2.45) is 11.8 Å². The van der Waals surface area contributed by atoms with Crippen LogP contribution in [0.4, 0.5) is 8.78 Å². The smallest absolute Gasteiger partial charge is 0.162 e. The van der Waals surface area contributed by atoms with E-state index in [2.05, 4.69) is 49.5 Å². The molecule has 4 heteroatoms. The van der Waals surface area contributed by atoms with Crippen LogP contribution in [0.5, 0.6) is 0 Å². The van der Waals surface area contributed by atoms with Crippen LogP contribution < -0.4 is 0 Å². The molecule has 0 nitrogen and oxygen atoms in total. The second-order valence-electron chi connectivity index (χ2n) is 9.01. The SMILES string of the molecule is CC=CCCC1SCC(C2CCC(c3ccc(CCCCC)c(F)c3F)CC2)CS1. The Hall–Kier alpha value is -0.480. The maximum atomic E-state index is 14.8. The minimum atomic E-state index is -0.588. The van der Waals surface area contributed by atoms with E-state index in [1.807, 2.05) is 12.1 Å². The predicted octanol–water partition coefficient (Wildman–Crippen LogP) is 8.75. The van der Waals surface area contributed by atoms with E-state index in [9.17, 15) is 8.78 Å². The van der Waals surface area contributed by atoms with Gasteiger partial charge in [0.2, 0.25) is 0 Å². The highest BCUT2D eigenvalue weighted by Gasteiger charge is 2.33. The molecule has 0 atom stereocenters. The molecule has 1 aliphatic heterocycles. The minimum Gasteiger partial charge on any atom is -0.203 e. The predicted molar refractivity (Wildman–Crippen MR) is 131 cm³/mol. The van der Waals surface area contributed by atoms with Gasteiger partial charge in [0, 0.05) is 0 Å². The van der Waals surface area contributed by atoms with Crippen molar-refractivity contribution in [2.75, 3.05) is 11.5 Å². The number of hydrogen-bond donors (Lipinski definition) is 0. The van der Waals surface area contributed by atoms with Crippen LogP contribution in [-0.2, 0) is 6.42 Å². The third-order valence-electron chi connectivity index (χ3n) is 6.92. The average Bonchev–Trinajstić information content (AvgIpc) is 2.78. The van der Waals surface area contributed by atoms with Gasteiger partial charge in [-0.05, 0) is 98.7 Å². The number of thioether (sulfide) groups is 2. The highest BCUT2D eigenvalue weighted by atomic mass is 32.2. The van der Waals surface area contributed by atoms with Gasteiger partial charge in [0.05, 0.1) is 4.58 Å². The summed E-state index contributed by atoms with van der Waals surface area (Å²) in [5.74, 6) is 3.14. The number of unbranched alkanes of at least 4 members (excludes halogenated alkanes) is 2. The Morgan fingerprint density at radius 3 is 2.37 bits per heavy atom. The molecule has 30 heavy (non-hydrogen) atoms. The van der Waals surface area contributed by atoms with Crippen LogP contribution in [0, 0.1) is 23.5 Å². The summed E-state index contributed by atoms with van der Waals surface area (Å²) in [5.41, 5.74) is 1.18. The summed E-state index contributed by atoms with van der Waals surface area (Å²) >= 11 is 4.29. The van der Waals surface area contributed by atoms with E-state index in [0.717, 1.165) is 48.5 Å². The molecular formula is C26H38F2S2. The van der Waals surface area contributed by atoms with Crippen molar-refractivity contribution >= 4 is 23.5 Å². The lowest BCUT2D eigenvalue weighted by Gasteiger charge is -2.37. The van der Waals surface area contributed by atoms with Crippen LogP contribution in [0.25, 0.3) is 0 Å². The Bertz CT molecular complexity index is 672. The normalized spacial score (nSPS) is 27.6. The summed E-state index contributed by atoms with van der Waals surface area (Å²) in [4.78, 5) is 0. The van der Waals surface area contributed by atoms with Gasteiger partial charge in [-0.1, -0.05) is 44.1 Å². The van der Waals surface area contributed by atoms with Crippen molar-refractivity contribution in [3.63, 3.8) is 0 Å². The largest absolute Gasteiger partial charge is 0.203 e. The maximum Gasteiger partial charge on any atom is 0.162 e. The summed E-state index contributed by atoms with van der Waals surface area (Å²) < 4.78 is 30.1. The molecule has 0 spiro atoms. The molecule has 3 rings (SSSR count). The zero-order chi connectivity index (χ0) is 21.3. The van der Waals surface area contributed by atoms with Crippen molar-refractivity contribution in [3.05, 3.63) is 47.0 Å². The number of aryl methyl sites for hydroxylation is 1. The second kappa shape index (κ2) is 12.5. The van der Waals surface area contributed by atoms with Crippen molar-refractivity contribution in [2.45, 2.75) is 88.6 Å². The highest BCUT2D eigenvalue weighted by molar-refractivity contribution is 8.17. The third kappa shape index (κ3) is 6.51. The van der Waals surface area contributed by atoms with Gasteiger partial charge in [-0.15, -0.1) is 23.5 Å². The minimum absolute atomic E-state index is 0.193. The second-order valence-corrected chi connectivity index (χ2v) is 11.8. The summed E-state index contributed by atoms with van der Waals surface area (Å²) in [7, 11) is 0. The molecule has 1 saturated carbocycles. The van der Waals surface area contributed by atoms with Gasteiger partial charge in [-0.25, -0.2) is 8.78 Å². The Kier molecular flexibility index (Phi) is 10.1. The first-order chi connectivity index (χ1) is 14.6. The summed E-state index contributed by atoms with van der Waals surface area (Å²) in [6, 6.07) is 3.73. The molecule has 2 fully saturated rings. The van der Waals surface area contributed by atoms with E-state index in [0.29, 0.717) is 17.5 Å². The summed E-state index contributed by atoms with van der Waals surface area (Å²) in [5, 5.41) is 0. The van der Waals surface area contributed by atoms with Crippen LogP contribution in [0.2, 0.25) is 0 Å². The molecule has 0 amide bonds. The monoisotopic (exact) mass is 452 g/mol. The molecule has 0 N–H and O–H groups in total. The fraction of sp³-hybridized carbons (Fsp3) is 0.692. The Labute approximate surface area is 191 Å². The van der Waals surface area contributed by atoms with Crippen LogP contribution in [0.15, 0.2) is 24.3 Å². The number of allylic oxidation sites excluding steroid dienone is 2. The summed E-state index contributed by atoms with van der Waals surface area (Å²) in [6.45, 7) is 4.22. The van der Waals surface area contributed by atoms with Gasteiger partial charge < -0.3 is 0 Å². The van der Waals surface area contributed by atoms with Gasteiger partial charge in [-0.3, -0.25) is 0 Å². The molecule has 0 unspecified atom stereocenters. The first kappa shape index (κ1) is 24.2. The molecule has 1 heterocycles. The van der Waals surface area contributed by atoms with Crippen molar-refractivity contribution < 1.29 is 8.78 Å². The molecule has 1 aromatic carbocycles. The zero-order valence-corrected chi connectivity index (χ0v) is 20.3. The molecule has 0 radical (unpaired) electrons. The molecule has 1 saturated heterocycles. The van der Waals surface area contributed by atoms with E-state index in [1.165, 1.54) is 37.2 Å². The fourth-order valence-corrected chi connectivity index (χ4v) is 8.29. The highest BCUT2D eigenvalue weighted by Crippen LogP contribution is 2.45. The first-order valence-electron chi connectivity index (χ1n) is 11.9. The standard InChI is InChI=1S/C26H38F2S2/c1-3-5-7-9-21-15-16-23(26(28)25(21)27)20-13-11-19(12-14-20)22-17-29-24(30-18-22)10-8-6-4-2/h4,6,15-16,19-20,22,24H,3,5,7-14,17-18H2,1-2H3. The molecule has 1 aromatic rings. The van der Waals surface area contributed by atoms with Crippen LogP contribution in [0.1, 0.15) is 88.7 Å². The number of rotatable bonds is 9. The maximum absolute atomic E-state index is 14.8. The van der Waals surface area contributed by atoms with Gasteiger partial charge >= 0.3 is 0 Å². The number of halogens is 2. The van der Waals surface area contributed by atoms with Gasteiger partial charge in [0.1, 0.15) is 0 Å². The van der Waals surface area contributed by atoms with E-state index in [4.69, 9.17) is 0 Å². The topological polar surface area (TPSA) is 0 Å². The fourth-order valence-electron chi connectivity index (χ4n) is 4.98. The van der Waals surface area contributed by atoms with E-state index < -0.39 is 11.6 Å². The molecule has 1 aliphatic carbocycles. The molecular weight excluding hydrogens is 414 g/mol. The van der Waals surface area contributed by atoms with Crippen LogP contribution >= 0.6 is 23.5 Å². The number of benzene rings is 1. The van der Waals surface area contributed by atoms with Crippen molar-refractivity contribution in [1.29, 1.82) is 0 Å². The van der Waals surface area contributed by atoms with E-state index in [1.54, 1.807) is 0 Å². The lowest BCUT2D eigenvalue weighted by atomic mass is 9.74. The van der Waals surface area contributed by atoms with Crippen LogP contribution in [-0.4, -0.2) is 16.1 Å². The van der Waals surface area contributed by atoms with E-state index >= 15 is 0 Å². The Morgan fingerprint density at radius 1 is 0.967 bits per heavy atom. The van der Waals surface area contributed by atoms with Crippen molar-refractivity contribution in [1.82, 2.24) is 0 Å². The molecule has 2 aliphatic rings. The van der Waals surface area contributed by atoms with Crippen LogP contribution in [0.3, 0.4) is 0 Å². The Morgan fingerprint density at radius 2 is 1.70 bits per heavy atom. The zero-order valence-electron chi connectivity index (χ0n) is 18.7. The quantitative estimate of drug-likeness (QED) is 0.271. The molecule has 168 valence electrons. The molecule has 0 bridgehead atoms. The average molecular weight is 453 g/mol. The Balaban J connectivity index is 1.48.